The average Bonchev–Trinajstić information content (AvgIpc) is 3.11. The number of aromatic nitrogens is 1. The van der Waals surface area contributed by atoms with Crippen LogP contribution in [0, 0.1) is 13.8 Å². The molecule has 0 atom stereocenters. The predicted molar refractivity (Wildman–Crippen MR) is 121 cm³/mol. The zero-order valence-electron chi connectivity index (χ0n) is 21.1. The maximum atomic E-state index is 8.64. The third kappa shape index (κ3) is 2.66. The molecule has 0 aliphatic heterocycles. The Morgan fingerprint density at radius 3 is 2.48 bits per heavy atom. The highest BCUT2D eigenvalue weighted by atomic mass is 16.3. The van der Waals surface area contributed by atoms with Gasteiger partial charge in [0.1, 0.15) is 18.2 Å². The van der Waals surface area contributed by atoms with Crippen molar-refractivity contribution in [1.29, 1.82) is 0 Å². The van der Waals surface area contributed by atoms with Crippen LogP contribution in [0.1, 0.15) is 41.9 Å². The first-order valence-electron chi connectivity index (χ1n) is 11.9. The molecule has 5 rings (SSSR count). The van der Waals surface area contributed by atoms with Gasteiger partial charge in [0.25, 0.3) is 0 Å². The van der Waals surface area contributed by atoms with Gasteiger partial charge in [-0.15, -0.1) is 0 Å². The lowest BCUT2D eigenvalue weighted by molar-refractivity contribution is -0.660. The molecule has 144 valence electrons. The second-order valence-electron chi connectivity index (χ2n) is 8.00. The summed E-state index contributed by atoms with van der Waals surface area (Å²) in [7, 11) is 1.85. The summed E-state index contributed by atoms with van der Waals surface area (Å²) in [5, 5.41) is 4.24. The summed E-state index contributed by atoms with van der Waals surface area (Å²) < 4.78 is 41.0. The highest BCUT2D eigenvalue weighted by Gasteiger charge is 2.23. The van der Waals surface area contributed by atoms with Gasteiger partial charge >= 0.3 is 0 Å². The van der Waals surface area contributed by atoms with Crippen LogP contribution < -0.4 is 4.57 Å². The van der Waals surface area contributed by atoms with Gasteiger partial charge in [-0.2, -0.15) is 0 Å². The molecule has 5 aromatic rings. The molecule has 2 heterocycles. The summed E-state index contributed by atoms with van der Waals surface area (Å²) in [6.07, 6.45) is 1.64. The molecule has 0 amide bonds. The van der Waals surface area contributed by atoms with Crippen molar-refractivity contribution in [3.63, 3.8) is 0 Å². The molecule has 2 nitrogen and oxygen atoms in total. The van der Waals surface area contributed by atoms with E-state index < -0.39 is 12.7 Å². The number of furan rings is 1. The van der Waals surface area contributed by atoms with E-state index in [4.69, 9.17) is 9.90 Å². The summed E-state index contributed by atoms with van der Waals surface area (Å²) >= 11 is 0. The molecule has 0 spiro atoms. The Bertz CT molecular complexity index is 1550. The molecule has 0 saturated heterocycles. The van der Waals surface area contributed by atoms with Gasteiger partial charge in [-0.25, -0.2) is 4.57 Å². The molecule has 0 fully saturated rings. The van der Waals surface area contributed by atoms with Crippen LogP contribution in [0.5, 0.6) is 0 Å². The number of benzene rings is 3. The highest BCUT2D eigenvalue weighted by Crippen LogP contribution is 2.40. The monoisotopic (exact) mass is 384 g/mol. The number of hydrogen-bond donors (Lipinski definition) is 0. The van der Waals surface area contributed by atoms with Crippen molar-refractivity contribution in [2.24, 2.45) is 7.05 Å². The van der Waals surface area contributed by atoms with E-state index in [1.54, 1.807) is 20.0 Å². The fraction of sp³-hybridized carbons (Fsp3) is 0.222. The van der Waals surface area contributed by atoms with E-state index in [9.17, 15) is 0 Å². The smallest absolute Gasteiger partial charge is 0.216 e. The molecule has 29 heavy (non-hydrogen) atoms. The minimum absolute atomic E-state index is 0.203. The van der Waals surface area contributed by atoms with Crippen molar-refractivity contribution in [2.45, 2.75) is 33.5 Å². The minimum Gasteiger partial charge on any atom is -0.454 e. The maximum Gasteiger partial charge on any atom is 0.216 e. The molecule has 2 aromatic heterocycles. The molecule has 0 aliphatic rings. The highest BCUT2D eigenvalue weighted by molar-refractivity contribution is 6.17. The van der Waals surface area contributed by atoms with Crippen LogP contribution in [0.15, 0.2) is 65.2 Å². The van der Waals surface area contributed by atoms with Crippen LogP contribution in [0.2, 0.25) is 0 Å². The van der Waals surface area contributed by atoms with Crippen molar-refractivity contribution in [2.75, 3.05) is 0 Å². The van der Waals surface area contributed by atoms with Crippen LogP contribution >= 0.6 is 0 Å². The van der Waals surface area contributed by atoms with Gasteiger partial charge in [0.05, 0.1) is 5.56 Å². The van der Waals surface area contributed by atoms with E-state index in [0.29, 0.717) is 5.56 Å². The van der Waals surface area contributed by atoms with Gasteiger partial charge in [0.2, 0.25) is 5.69 Å². The fourth-order valence-corrected chi connectivity index (χ4v) is 4.30. The van der Waals surface area contributed by atoms with Crippen LogP contribution in [0.4, 0.5) is 0 Å². The van der Waals surface area contributed by atoms with Crippen molar-refractivity contribution in [3.05, 3.63) is 77.5 Å². The van der Waals surface area contributed by atoms with E-state index in [1.165, 1.54) is 0 Å². The molecule has 0 unspecified atom stereocenters. The number of fused-ring (bicyclic) bond motifs is 5. The molecule has 0 saturated carbocycles. The Hall–Kier alpha value is -3.13. The first-order chi connectivity index (χ1) is 15.5. The zero-order valence-corrected chi connectivity index (χ0v) is 17.1. The molecular formula is C27H26NO+. The fourth-order valence-electron chi connectivity index (χ4n) is 4.30. The zero-order chi connectivity index (χ0) is 23.7. The topological polar surface area (TPSA) is 17.0 Å². The van der Waals surface area contributed by atoms with Crippen LogP contribution in [-0.2, 0) is 7.05 Å². The van der Waals surface area contributed by atoms with Crippen molar-refractivity contribution >= 4 is 32.7 Å². The predicted octanol–water partition coefficient (Wildman–Crippen LogP) is 6.97. The van der Waals surface area contributed by atoms with E-state index in [0.717, 1.165) is 49.5 Å². The van der Waals surface area contributed by atoms with E-state index in [-0.39, 0.29) is 5.56 Å². The summed E-state index contributed by atoms with van der Waals surface area (Å²) in [6.45, 7) is 3.18. The van der Waals surface area contributed by atoms with Crippen LogP contribution in [-0.4, -0.2) is 0 Å². The largest absolute Gasteiger partial charge is 0.454 e. The molecule has 0 bridgehead atoms. The lowest BCUT2D eigenvalue weighted by atomic mass is 9.94. The third-order valence-electron chi connectivity index (χ3n) is 5.81. The number of rotatable bonds is 2. The lowest BCUT2D eigenvalue weighted by Crippen LogP contribution is -2.32. The Labute approximate surface area is 177 Å². The van der Waals surface area contributed by atoms with E-state index >= 15 is 0 Å². The van der Waals surface area contributed by atoms with Crippen molar-refractivity contribution < 1.29 is 14.5 Å². The van der Waals surface area contributed by atoms with Crippen LogP contribution in [0.25, 0.3) is 44.0 Å². The normalized spacial score (nSPS) is 14.8. The first-order valence-corrected chi connectivity index (χ1v) is 9.85. The summed E-state index contributed by atoms with van der Waals surface area (Å²) in [4.78, 5) is 0. The lowest BCUT2D eigenvalue weighted by Gasteiger charge is -2.12. The van der Waals surface area contributed by atoms with Crippen LogP contribution in [0.3, 0.4) is 0 Å². The SMILES string of the molecule is [2H]C([2H])([2H])c1c[n+](C)c(-c2c(C)ccc3c2oc2c4ccccc4ccc32)cc1C([2H])(C)C. The minimum atomic E-state index is -2.30. The second kappa shape index (κ2) is 6.45. The number of aryl methyl sites for hydroxylation is 3. The first kappa shape index (κ1) is 13.9. The quantitative estimate of drug-likeness (QED) is 0.300. The Kier molecular flexibility index (Phi) is 3.10. The van der Waals surface area contributed by atoms with Crippen molar-refractivity contribution in [3.8, 4) is 11.3 Å². The number of hydrogen-bond acceptors (Lipinski definition) is 1. The number of nitrogens with zero attached hydrogens (tertiary/aromatic N) is 1. The summed E-state index contributed by atoms with van der Waals surface area (Å²) in [6, 6.07) is 18.4. The third-order valence-corrected chi connectivity index (χ3v) is 5.81. The van der Waals surface area contributed by atoms with Gasteiger partial charge < -0.3 is 4.42 Å². The molecule has 0 N–H and O–H groups in total. The van der Waals surface area contributed by atoms with E-state index in [2.05, 4.69) is 36.4 Å². The molecule has 0 radical (unpaired) electrons. The molecule has 3 aromatic carbocycles. The standard InChI is InChI=1S/C27H26NO/c1-16(2)23-14-24(28(5)15-18(23)4)25-17(3)10-12-22-21-13-11-19-8-6-7-9-20(19)26(21)29-27(22)25/h6-16H,1-5H3/q+1/i4D3,16D. The summed E-state index contributed by atoms with van der Waals surface area (Å²) in [5.74, 6) is -1.07. The van der Waals surface area contributed by atoms with Crippen molar-refractivity contribution in [1.82, 2.24) is 0 Å². The summed E-state index contributed by atoms with van der Waals surface area (Å²) in [5.41, 5.74) is 5.08. The molecule has 2 heteroatoms. The Morgan fingerprint density at radius 2 is 1.69 bits per heavy atom. The second-order valence-corrected chi connectivity index (χ2v) is 8.00. The van der Waals surface area contributed by atoms with Gasteiger partial charge in [0, 0.05) is 33.3 Å². The Balaban J connectivity index is 1.89. The van der Waals surface area contributed by atoms with Gasteiger partial charge in [0.15, 0.2) is 6.20 Å². The molecule has 0 aliphatic carbocycles. The van der Waals surface area contributed by atoms with Gasteiger partial charge in [-0.3, -0.25) is 0 Å². The molecular weight excluding hydrogens is 354 g/mol. The Morgan fingerprint density at radius 1 is 0.931 bits per heavy atom. The number of pyridine rings is 1. The maximum absolute atomic E-state index is 8.64. The van der Waals surface area contributed by atoms with E-state index in [1.807, 2.05) is 36.7 Å². The van der Waals surface area contributed by atoms with Gasteiger partial charge in [-0.1, -0.05) is 56.3 Å². The average molecular weight is 385 g/mol. The van der Waals surface area contributed by atoms with Gasteiger partial charge in [-0.05, 0) is 42.2 Å².